The van der Waals surface area contributed by atoms with Gasteiger partial charge in [0.25, 0.3) is 0 Å². The zero-order chi connectivity index (χ0) is 47.4. The van der Waals surface area contributed by atoms with E-state index in [0.717, 1.165) is 85.1 Å². The largest absolute Gasteiger partial charge is 0.384 e. The number of hydrazine groups is 1. The van der Waals surface area contributed by atoms with Gasteiger partial charge in [0, 0.05) is 40.7 Å². The topological polar surface area (TPSA) is 202 Å². The molecule has 0 bridgehead atoms. The van der Waals surface area contributed by atoms with Crippen LogP contribution in [0.3, 0.4) is 0 Å². The molecule has 2 saturated carbocycles. The Kier molecular flexibility index (Phi) is 21.7. The van der Waals surface area contributed by atoms with E-state index >= 15 is 0 Å². The number of pyridine rings is 5. The molecule has 67 heavy (non-hydrogen) atoms. The maximum Gasteiger partial charge on any atom is 0.147 e. The summed E-state index contributed by atoms with van der Waals surface area (Å²) in [5.74, 6) is 7.59. The third-order valence-corrected chi connectivity index (χ3v) is 13.5. The number of nitrogens with two attached hydrogens (primary N) is 2. The van der Waals surface area contributed by atoms with Gasteiger partial charge in [-0.1, -0.05) is 31.0 Å². The molecule has 13 nitrogen and oxygen atoms in total. The number of carbonyl (C=O) groups excluding carboxylic acids is 1. The van der Waals surface area contributed by atoms with Gasteiger partial charge in [-0.2, -0.15) is 5.10 Å². The molecule has 18 heteroatoms. The van der Waals surface area contributed by atoms with Crippen molar-refractivity contribution in [1.29, 1.82) is 0 Å². The first-order chi connectivity index (χ1) is 32.5. The van der Waals surface area contributed by atoms with E-state index in [4.69, 9.17) is 11.6 Å². The van der Waals surface area contributed by atoms with Gasteiger partial charge in [0.1, 0.15) is 57.5 Å². The molecule has 11 rings (SSSR count). The summed E-state index contributed by atoms with van der Waals surface area (Å²) >= 11 is 16.4. The molecule has 0 aliphatic heterocycles. The van der Waals surface area contributed by atoms with Gasteiger partial charge in [-0.15, -0.1) is 0 Å². The Balaban J connectivity index is 0.000000136. The Morgan fingerprint density at radius 2 is 0.925 bits per heavy atom. The third-order valence-electron chi connectivity index (χ3n) is 11.3. The minimum atomic E-state index is 0.464. The van der Waals surface area contributed by atoms with Crippen LogP contribution in [0.15, 0.2) is 107 Å². The van der Waals surface area contributed by atoms with E-state index < -0.39 is 0 Å². The summed E-state index contributed by atoms with van der Waals surface area (Å²) in [6.07, 6.45) is 21.3. The number of nitrogens with zero attached hydrogens (tertiary/aromatic N) is 6. The molecule has 0 atom stereocenters. The number of Topliss-reactive ketones (excluding diaryl/α,β-unsaturated/α-hetero) is 1. The predicted molar refractivity (Wildman–Crippen MR) is 291 cm³/mol. The van der Waals surface area contributed by atoms with E-state index in [0.29, 0.717) is 17.4 Å². The molecular formula is C49H57Br5N12O. The van der Waals surface area contributed by atoms with Crippen molar-refractivity contribution in [2.24, 2.45) is 10.9 Å². The van der Waals surface area contributed by atoms with Gasteiger partial charge in [0.2, 0.25) is 0 Å². The lowest BCUT2D eigenvalue weighted by Crippen LogP contribution is -2.07. The monoisotopic (exact) mass is 1220 g/mol. The number of hydrogen-bond acceptors (Lipinski definition) is 11. The molecule has 8 N–H and O–H groups in total. The molecular weight excluding hydrogens is 1170 g/mol. The van der Waals surface area contributed by atoms with Gasteiger partial charge in [0.05, 0.1) is 0 Å². The first-order valence-electron chi connectivity index (χ1n) is 22.8. The van der Waals surface area contributed by atoms with Crippen LogP contribution in [0.4, 0.5) is 17.5 Å². The number of aryl methyl sites for hydroxylation is 4. The molecule has 4 aliphatic carbocycles. The number of rotatable bonds is 3. The maximum absolute atomic E-state index is 10.5. The van der Waals surface area contributed by atoms with Crippen LogP contribution in [0.2, 0.25) is 0 Å². The number of aromatic nitrogens is 7. The Morgan fingerprint density at radius 3 is 1.42 bits per heavy atom. The molecule has 7 heterocycles. The fraction of sp³-hybridized carbons (Fsp3) is 0.367. The highest BCUT2D eigenvalue weighted by atomic mass is 79.9. The average molecular weight is 1230 g/mol. The summed E-state index contributed by atoms with van der Waals surface area (Å²) in [4.78, 5) is 38.2. The number of anilines is 3. The Morgan fingerprint density at radius 1 is 0.478 bits per heavy atom. The number of halogens is 5. The van der Waals surface area contributed by atoms with Gasteiger partial charge in [-0.3, -0.25) is 10.2 Å². The lowest BCUT2D eigenvalue weighted by Gasteiger charge is -2.12. The van der Waals surface area contributed by atoms with Gasteiger partial charge in [0.15, 0.2) is 0 Å². The van der Waals surface area contributed by atoms with E-state index in [9.17, 15) is 4.79 Å². The van der Waals surface area contributed by atoms with Crippen molar-refractivity contribution >= 4 is 131 Å². The van der Waals surface area contributed by atoms with Crippen LogP contribution in [0.5, 0.6) is 0 Å². The number of H-pyrrole nitrogens is 2. The van der Waals surface area contributed by atoms with E-state index in [1.807, 2.05) is 60.7 Å². The summed E-state index contributed by atoms with van der Waals surface area (Å²) in [7, 11) is 0. The minimum Gasteiger partial charge on any atom is -0.384 e. The van der Waals surface area contributed by atoms with Gasteiger partial charge < -0.3 is 21.1 Å². The minimum absolute atomic E-state index is 0.464. The number of hydrogen-bond donors (Lipinski definition) is 6. The van der Waals surface area contributed by atoms with Crippen molar-refractivity contribution in [3.8, 4) is 0 Å². The molecule has 354 valence electrons. The van der Waals surface area contributed by atoms with Gasteiger partial charge >= 0.3 is 0 Å². The van der Waals surface area contributed by atoms with Crippen molar-refractivity contribution in [3.63, 3.8) is 0 Å². The van der Waals surface area contributed by atoms with Crippen molar-refractivity contribution in [3.05, 3.63) is 124 Å². The third kappa shape index (κ3) is 17.4. The highest BCUT2D eigenvalue weighted by Gasteiger charge is 2.17. The first-order valence-corrected chi connectivity index (χ1v) is 26.8. The summed E-state index contributed by atoms with van der Waals surface area (Å²) < 4.78 is 4.22. The fourth-order valence-corrected chi connectivity index (χ4v) is 9.97. The molecule has 7 aromatic heterocycles. The van der Waals surface area contributed by atoms with Crippen molar-refractivity contribution in [2.45, 2.75) is 116 Å². The van der Waals surface area contributed by atoms with E-state index in [1.165, 1.54) is 110 Å². The van der Waals surface area contributed by atoms with Crippen LogP contribution >= 0.6 is 79.6 Å². The summed E-state index contributed by atoms with van der Waals surface area (Å²) in [6.45, 7) is 0. The number of ketones is 1. The van der Waals surface area contributed by atoms with Crippen LogP contribution in [0.25, 0.3) is 22.1 Å². The Hall–Kier alpha value is -4.07. The van der Waals surface area contributed by atoms with Crippen molar-refractivity contribution < 1.29 is 4.79 Å². The molecule has 0 spiro atoms. The summed E-state index contributed by atoms with van der Waals surface area (Å²) in [5.41, 5.74) is 20.0. The fourth-order valence-electron chi connectivity index (χ4n) is 8.05. The van der Waals surface area contributed by atoms with Crippen LogP contribution in [-0.4, -0.2) is 46.4 Å². The van der Waals surface area contributed by atoms with Crippen molar-refractivity contribution in [1.82, 2.24) is 34.9 Å². The van der Waals surface area contributed by atoms with Crippen LogP contribution in [0.1, 0.15) is 112 Å². The Bertz CT molecular complexity index is 2580. The number of nitrogen functional groups attached to an aromatic ring is 2. The first kappa shape index (κ1) is 52.3. The van der Waals surface area contributed by atoms with E-state index in [-0.39, 0.29) is 0 Å². The smallest absolute Gasteiger partial charge is 0.147 e. The Labute approximate surface area is 434 Å². The quantitative estimate of drug-likeness (QED) is 0.0562. The highest BCUT2D eigenvalue weighted by Crippen LogP contribution is 2.30. The SMILES string of the molecule is Brc1ccc2c3c([nH]c2n1)CCCC3.Brc1cccc(Br)n1.Brc1cccc(NN=C2CCCCC2)n1.NNc1cccc(Br)n1.Nc1ccc2c3c([nH]c2n1)CCCC3.O=C1CCCCC1. The maximum atomic E-state index is 10.5. The van der Waals surface area contributed by atoms with Gasteiger partial charge in [-0.25, -0.2) is 30.8 Å². The second kappa shape index (κ2) is 27.8. The van der Waals surface area contributed by atoms with Gasteiger partial charge in [-0.05, 0) is 241 Å². The summed E-state index contributed by atoms with van der Waals surface area (Å²) in [6, 6.07) is 25.0. The molecule has 7 aromatic rings. The van der Waals surface area contributed by atoms with Crippen LogP contribution in [0, 0.1) is 0 Å². The normalized spacial score (nSPS) is 14.9. The predicted octanol–water partition coefficient (Wildman–Crippen LogP) is 14.1. The van der Waals surface area contributed by atoms with Crippen LogP contribution in [-0.2, 0) is 30.5 Å². The molecule has 0 aromatic carbocycles. The number of fused-ring (bicyclic) bond motifs is 6. The number of carbonyl (C=O) groups is 1. The number of aromatic amines is 2. The zero-order valence-corrected chi connectivity index (χ0v) is 45.3. The average Bonchev–Trinajstić information content (AvgIpc) is 3.90. The second-order valence-electron chi connectivity index (χ2n) is 16.3. The number of hydrazone groups is 1. The molecule has 2 fully saturated rings. The molecule has 0 unspecified atom stereocenters. The summed E-state index contributed by atoms with van der Waals surface area (Å²) in [5, 5.41) is 6.94. The zero-order valence-electron chi connectivity index (χ0n) is 37.4. The molecule has 0 saturated heterocycles. The molecule has 4 aliphatic rings. The molecule has 0 radical (unpaired) electrons. The standard InChI is InChI=1S/C11H14BrN3.C11H11BrN2.C11H13N3.C6H10O.C5H3Br2N.C5H6BrN3/c12-10-7-4-8-11(13-10)15-14-9-5-2-1-3-6-9;2*12-10-6-5-8-7-3-1-2-4-9(7)13-11(8)14-10;7-6-4-2-1-3-5-6;6-4-2-1-3-5(7)8-4;6-4-2-1-3-5(8-4)9-7/h4,7-8H,1-3,5-6H2,(H,13,15);5-6H,1-4H2,(H,13,14);5-6H,1-4H2,(H3,12,13,14);1-5H2;1-3H;1-3H,7H2,(H,8,9). The highest BCUT2D eigenvalue weighted by molar-refractivity contribution is 9.11. The second-order valence-corrected chi connectivity index (χ2v) is 20.4. The number of nitrogens with one attached hydrogen (secondary N) is 4. The van der Waals surface area contributed by atoms with Crippen molar-refractivity contribution in [2.75, 3.05) is 16.6 Å². The van der Waals surface area contributed by atoms with Crippen LogP contribution < -0.4 is 22.4 Å². The lowest BCUT2D eigenvalue weighted by atomic mass is 9.96. The van der Waals surface area contributed by atoms with E-state index in [1.54, 1.807) is 6.07 Å². The van der Waals surface area contributed by atoms with E-state index in [2.05, 4.69) is 143 Å². The lowest BCUT2D eigenvalue weighted by molar-refractivity contribution is -0.120. The molecule has 0 amide bonds.